The first-order valence-corrected chi connectivity index (χ1v) is 12.2. The van der Waals surface area contributed by atoms with Crippen molar-refractivity contribution in [2.45, 2.75) is 45.6 Å². The molecule has 200 valence electrons. The van der Waals surface area contributed by atoms with Crippen molar-refractivity contribution in [2.75, 3.05) is 22.6 Å². The van der Waals surface area contributed by atoms with Crippen LogP contribution in [0, 0.1) is 5.82 Å². The average Bonchev–Trinajstić information content (AvgIpc) is 2.86. The highest BCUT2D eigenvalue weighted by atomic mass is 19.1. The zero-order chi connectivity index (χ0) is 27.5. The predicted octanol–water partition coefficient (Wildman–Crippen LogP) is 6.12. The number of nitrogens with zero attached hydrogens (tertiary/aromatic N) is 2. The molecule has 1 heterocycles. The number of amides is 1. The van der Waals surface area contributed by atoms with Crippen LogP contribution >= 0.6 is 0 Å². The molecule has 0 spiro atoms. The number of hydrogen-bond acceptors (Lipinski definition) is 8. The van der Waals surface area contributed by atoms with Gasteiger partial charge >= 0.3 is 5.97 Å². The van der Waals surface area contributed by atoms with Crippen LogP contribution in [0.1, 0.15) is 40.0 Å². The Morgan fingerprint density at radius 3 is 2.47 bits per heavy atom. The summed E-state index contributed by atoms with van der Waals surface area (Å²) in [5.41, 5.74) is 1.27. The number of hydrogen-bond donors (Lipinski definition) is 3. The lowest BCUT2D eigenvalue weighted by Crippen LogP contribution is -2.23. The number of esters is 1. The number of ether oxygens (including phenoxy) is 2. The van der Waals surface area contributed by atoms with E-state index in [4.69, 9.17) is 9.47 Å². The number of benzene rings is 2. The van der Waals surface area contributed by atoms with E-state index in [1.807, 2.05) is 20.8 Å². The Morgan fingerprint density at radius 1 is 1.03 bits per heavy atom. The lowest BCUT2D eigenvalue weighted by atomic mass is 10.2. The summed E-state index contributed by atoms with van der Waals surface area (Å²) < 4.78 is 25.4. The lowest BCUT2D eigenvalue weighted by Gasteiger charge is -2.19. The Kier molecular flexibility index (Phi) is 9.75. The topological polar surface area (TPSA) is 114 Å². The predicted molar refractivity (Wildman–Crippen MR) is 145 cm³/mol. The van der Waals surface area contributed by atoms with Crippen molar-refractivity contribution >= 4 is 40.7 Å². The minimum atomic E-state index is -0.633. The number of halogens is 1. The summed E-state index contributed by atoms with van der Waals surface area (Å²) in [7, 11) is 0. The van der Waals surface area contributed by atoms with Crippen LogP contribution in [0.25, 0.3) is 0 Å². The standard InChI is InChI=1S/C28H32FN5O4/c1-5-24(35)31-20-9-8-10-21(17-20)32-26-23(29)18-30-27(34-26)33-19-12-14-22(15-13-19)37-16-7-6-11-25(36)38-28(2,3)4/h5,8-10,12-15,17-18H,1,6-7,11,16H2,2-4H3,(H,31,35)(H2,30,32,33,34). The summed E-state index contributed by atoms with van der Waals surface area (Å²) in [4.78, 5) is 31.5. The molecule has 2 aromatic carbocycles. The number of rotatable bonds is 12. The minimum Gasteiger partial charge on any atom is -0.494 e. The summed E-state index contributed by atoms with van der Waals surface area (Å²) >= 11 is 0. The van der Waals surface area contributed by atoms with Crippen molar-refractivity contribution in [3.8, 4) is 5.75 Å². The maximum Gasteiger partial charge on any atom is 0.306 e. The van der Waals surface area contributed by atoms with Crippen LogP contribution < -0.4 is 20.7 Å². The average molecular weight is 522 g/mol. The van der Waals surface area contributed by atoms with E-state index in [0.717, 1.165) is 18.7 Å². The van der Waals surface area contributed by atoms with E-state index < -0.39 is 11.4 Å². The van der Waals surface area contributed by atoms with Gasteiger partial charge in [0.25, 0.3) is 0 Å². The van der Waals surface area contributed by atoms with Gasteiger partial charge in [0, 0.05) is 23.5 Å². The maximum absolute atomic E-state index is 14.4. The number of anilines is 5. The molecule has 9 nitrogen and oxygen atoms in total. The summed E-state index contributed by atoms with van der Waals surface area (Å²) in [5.74, 6) is -0.344. The molecular formula is C28H32FN5O4. The molecule has 0 bridgehead atoms. The third-order valence-corrected chi connectivity index (χ3v) is 4.90. The molecule has 0 aliphatic heterocycles. The summed E-state index contributed by atoms with van der Waals surface area (Å²) in [6, 6.07) is 13.9. The summed E-state index contributed by atoms with van der Waals surface area (Å²) in [6.45, 7) is 9.43. The van der Waals surface area contributed by atoms with Crippen molar-refractivity contribution in [1.82, 2.24) is 9.97 Å². The van der Waals surface area contributed by atoms with E-state index in [2.05, 4.69) is 32.5 Å². The summed E-state index contributed by atoms with van der Waals surface area (Å²) in [5, 5.41) is 8.58. The first kappa shape index (κ1) is 28.1. The molecule has 0 atom stereocenters. The van der Waals surface area contributed by atoms with Gasteiger partial charge in [-0.05, 0) is 82.2 Å². The Labute approximate surface area is 221 Å². The lowest BCUT2D eigenvalue weighted by molar-refractivity contribution is -0.154. The van der Waals surface area contributed by atoms with Crippen molar-refractivity contribution < 1.29 is 23.5 Å². The molecular weight excluding hydrogens is 489 g/mol. The molecule has 0 fully saturated rings. The number of carbonyl (C=O) groups is 2. The number of nitrogens with one attached hydrogen (secondary N) is 3. The van der Waals surface area contributed by atoms with Gasteiger partial charge in [0.2, 0.25) is 11.9 Å². The molecule has 0 aliphatic carbocycles. The number of aromatic nitrogens is 2. The van der Waals surface area contributed by atoms with Crippen LogP contribution in [0.15, 0.2) is 67.4 Å². The summed E-state index contributed by atoms with van der Waals surface area (Å²) in [6.07, 6.45) is 3.99. The normalized spacial score (nSPS) is 10.8. The first-order chi connectivity index (χ1) is 18.1. The molecule has 0 saturated carbocycles. The van der Waals surface area contributed by atoms with Crippen molar-refractivity contribution in [3.63, 3.8) is 0 Å². The monoisotopic (exact) mass is 521 g/mol. The van der Waals surface area contributed by atoms with Crippen molar-refractivity contribution in [3.05, 3.63) is 73.2 Å². The van der Waals surface area contributed by atoms with Gasteiger partial charge in [-0.25, -0.2) is 9.37 Å². The van der Waals surface area contributed by atoms with E-state index in [9.17, 15) is 14.0 Å². The molecule has 1 amide bonds. The third kappa shape index (κ3) is 9.53. The zero-order valence-electron chi connectivity index (χ0n) is 21.7. The Balaban J connectivity index is 1.51. The molecule has 10 heteroatoms. The molecule has 3 aromatic rings. The van der Waals surface area contributed by atoms with Gasteiger partial charge in [-0.1, -0.05) is 12.6 Å². The molecule has 1 aromatic heterocycles. The van der Waals surface area contributed by atoms with Crippen LogP contribution in [0.5, 0.6) is 5.75 Å². The maximum atomic E-state index is 14.4. The molecule has 3 N–H and O–H groups in total. The number of unbranched alkanes of at least 4 members (excludes halogenated alkanes) is 1. The van der Waals surface area contributed by atoms with E-state index >= 15 is 0 Å². The highest BCUT2D eigenvalue weighted by Gasteiger charge is 2.15. The van der Waals surface area contributed by atoms with Gasteiger partial charge in [0.1, 0.15) is 11.4 Å². The van der Waals surface area contributed by atoms with Gasteiger partial charge in [-0.15, -0.1) is 0 Å². The van der Waals surface area contributed by atoms with Gasteiger partial charge in [-0.3, -0.25) is 9.59 Å². The Bertz CT molecular complexity index is 1260. The molecule has 0 unspecified atom stereocenters. The second-order valence-corrected chi connectivity index (χ2v) is 9.33. The fourth-order valence-corrected chi connectivity index (χ4v) is 3.24. The van der Waals surface area contributed by atoms with Gasteiger partial charge in [0.05, 0.1) is 12.8 Å². The van der Waals surface area contributed by atoms with E-state index in [1.165, 1.54) is 0 Å². The Morgan fingerprint density at radius 2 is 1.76 bits per heavy atom. The van der Waals surface area contributed by atoms with Crippen LogP contribution in [0.4, 0.5) is 33.2 Å². The molecule has 0 saturated heterocycles. The second-order valence-electron chi connectivity index (χ2n) is 9.33. The van der Waals surface area contributed by atoms with E-state index in [0.29, 0.717) is 42.3 Å². The number of carbonyl (C=O) groups excluding carboxylic acids is 2. The smallest absolute Gasteiger partial charge is 0.306 e. The SMILES string of the molecule is C=CC(=O)Nc1cccc(Nc2nc(Nc3ccc(OCCCCC(=O)OC(C)(C)C)cc3)ncc2F)c1. The second kappa shape index (κ2) is 13.2. The first-order valence-electron chi connectivity index (χ1n) is 12.2. The van der Waals surface area contributed by atoms with Gasteiger partial charge in [-0.2, -0.15) is 4.98 Å². The van der Waals surface area contributed by atoms with Crippen LogP contribution in [0.2, 0.25) is 0 Å². The van der Waals surface area contributed by atoms with Crippen LogP contribution in [-0.2, 0) is 14.3 Å². The highest BCUT2D eigenvalue weighted by Crippen LogP contribution is 2.23. The van der Waals surface area contributed by atoms with E-state index in [-0.39, 0.29) is 23.6 Å². The van der Waals surface area contributed by atoms with E-state index in [1.54, 1.807) is 48.5 Å². The van der Waals surface area contributed by atoms with Crippen molar-refractivity contribution in [2.24, 2.45) is 0 Å². The van der Waals surface area contributed by atoms with Gasteiger partial charge < -0.3 is 25.4 Å². The van der Waals surface area contributed by atoms with Crippen LogP contribution in [-0.4, -0.2) is 34.1 Å². The zero-order valence-corrected chi connectivity index (χ0v) is 21.7. The fourth-order valence-electron chi connectivity index (χ4n) is 3.24. The van der Waals surface area contributed by atoms with Crippen molar-refractivity contribution in [1.29, 1.82) is 0 Å². The van der Waals surface area contributed by atoms with Crippen LogP contribution in [0.3, 0.4) is 0 Å². The Hall–Kier alpha value is -4.47. The fraction of sp³-hybridized carbons (Fsp3) is 0.286. The molecule has 0 radical (unpaired) electrons. The van der Waals surface area contributed by atoms with Gasteiger partial charge in [0.15, 0.2) is 11.6 Å². The quantitative estimate of drug-likeness (QED) is 0.148. The largest absolute Gasteiger partial charge is 0.494 e. The molecule has 0 aliphatic rings. The molecule has 3 rings (SSSR count). The molecule has 38 heavy (non-hydrogen) atoms. The third-order valence-electron chi connectivity index (χ3n) is 4.90. The highest BCUT2D eigenvalue weighted by molar-refractivity contribution is 5.99. The minimum absolute atomic E-state index is 0.0268.